The Morgan fingerprint density at radius 1 is 1.12 bits per heavy atom. The van der Waals surface area contributed by atoms with Crippen LogP contribution in [0, 0.1) is 29.1 Å². The maximum absolute atomic E-state index is 13.6. The highest BCUT2D eigenvalue weighted by Crippen LogP contribution is 2.60. The van der Waals surface area contributed by atoms with Crippen LogP contribution in [0.4, 0.5) is 0 Å². The van der Waals surface area contributed by atoms with Crippen molar-refractivity contribution in [1.82, 2.24) is 15.5 Å². The molecule has 2 N–H and O–H groups in total. The average molecular weight is 474 g/mol. The lowest BCUT2D eigenvalue weighted by molar-refractivity contribution is -0.149. The van der Waals surface area contributed by atoms with Crippen LogP contribution in [0.5, 0.6) is 0 Å². The molecule has 6 nitrogen and oxygen atoms in total. The van der Waals surface area contributed by atoms with E-state index in [1.807, 2.05) is 13.8 Å². The zero-order valence-corrected chi connectivity index (χ0v) is 20.9. The van der Waals surface area contributed by atoms with E-state index in [1.54, 1.807) is 11.3 Å². The normalized spacial score (nSPS) is 33.1. The fourth-order valence-electron chi connectivity index (χ4n) is 7.30. The van der Waals surface area contributed by atoms with Crippen molar-refractivity contribution in [3.8, 4) is 0 Å². The third-order valence-corrected chi connectivity index (χ3v) is 9.56. The average Bonchev–Trinajstić information content (AvgIpc) is 3.31. The topological polar surface area (TPSA) is 70.7 Å². The summed E-state index contributed by atoms with van der Waals surface area (Å²) in [6.45, 7) is 7.81. The monoisotopic (exact) mass is 473 g/mol. The lowest BCUT2D eigenvalue weighted by Gasteiger charge is -2.55. The minimum absolute atomic E-state index is 0.0476. The molecule has 7 heteroatoms. The van der Waals surface area contributed by atoms with Gasteiger partial charge in [0.2, 0.25) is 11.8 Å². The van der Waals surface area contributed by atoms with Gasteiger partial charge in [-0.25, -0.2) is 0 Å². The van der Waals surface area contributed by atoms with Gasteiger partial charge in [0, 0.05) is 29.9 Å². The third kappa shape index (κ3) is 4.87. The number of nitrogens with one attached hydrogen (secondary N) is 2. The summed E-state index contributed by atoms with van der Waals surface area (Å²) in [5.41, 5.74) is -0.227. The van der Waals surface area contributed by atoms with Crippen LogP contribution in [0.2, 0.25) is 0 Å². The van der Waals surface area contributed by atoms with Crippen molar-refractivity contribution in [1.29, 1.82) is 0 Å². The highest BCUT2D eigenvalue weighted by molar-refractivity contribution is 7.10. The Bertz CT molecular complexity index is 799. The molecule has 2 unspecified atom stereocenters. The molecule has 1 aromatic heterocycles. The fraction of sp³-hybridized carbons (Fsp3) is 0.769. The number of hydrogen-bond acceptors (Lipinski definition) is 5. The van der Waals surface area contributed by atoms with Crippen molar-refractivity contribution in [2.75, 3.05) is 32.8 Å². The zero-order chi connectivity index (χ0) is 23.0. The number of thiophene rings is 1. The molecule has 0 radical (unpaired) electrons. The number of carbonyl (C=O) groups is 2. The lowest BCUT2D eigenvalue weighted by atomic mass is 9.49. The highest BCUT2D eigenvalue weighted by atomic mass is 32.1. The van der Waals surface area contributed by atoms with Gasteiger partial charge in [-0.05, 0) is 73.6 Å². The van der Waals surface area contributed by atoms with E-state index >= 15 is 0 Å². The molecule has 4 saturated carbocycles. The first-order chi connectivity index (χ1) is 15.9. The molecule has 1 aromatic rings. The van der Waals surface area contributed by atoms with Crippen LogP contribution in [0.25, 0.3) is 0 Å². The van der Waals surface area contributed by atoms with Gasteiger partial charge >= 0.3 is 0 Å². The Kier molecular flexibility index (Phi) is 6.83. The van der Waals surface area contributed by atoms with E-state index in [2.05, 4.69) is 33.0 Å². The molecular weight excluding hydrogens is 434 g/mol. The van der Waals surface area contributed by atoms with Gasteiger partial charge in [-0.2, -0.15) is 0 Å². The van der Waals surface area contributed by atoms with Crippen molar-refractivity contribution >= 4 is 23.2 Å². The maximum atomic E-state index is 13.6. The smallest absolute Gasteiger partial charge is 0.242 e. The minimum atomic E-state index is -0.487. The van der Waals surface area contributed by atoms with Gasteiger partial charge in [0.25, 0.3) is 0 Å². The second-order valence-electron chi connectivity index (χ2n) is 11.3. The summed E-state index contributed by atoms with van der Waals surface area (Å²) in [5, 5.41) is 8.52. The predicted octanol–water partition coefficient (Wildman–Crippen LogP) is 3.59. The van der Waals surface area contributed by atoms with Crippen LogP contribution >= 0.6 is 11.3 Å². The van der Waals surface area contributed by atoms with Crippen molar-refractivity contribution < 1.29 is 14.3 Å². The summed E-state index contributed by atoms with van der Waals surface area (Å²) in [5.74, 6) is 2.28. The summed E-state index contributed by atoms with van der Waals surface area (Å²) < 4.78 is 5.53. The Balaban J connectivity index is 1.23. The predicted molar refractivity (Wildman–Crippen MR) is 130 cm³/mol. The number of nitrogens with zero attached hydrogens (tertiary/aromatic N) is 1. The molecule has 0 spiro atoms. The Labute approximate surface area is 201 Å². The van der Waals surface area contributed by atoms with Gasteiger partial charge in [-0.3, -0.25) is 14.5 Å². The van der Waals surface area contributed by atoms with Gasteiger partial charge in [0.05, 0.1) is 19.3 Å². The first-order valence-electron chi connectivity index (χ1n) is 12.9. The maximum Gasteiger partial charge on any atom is 0.242 e. The largest absolute Gasteiger partial charge is 0.379 e. The van der Waals surface area contributed by atoms with E-state index in [9.17, 15) is 9.59 Å². The molecule has 5 fully saturated rings. The van der Waals surface area contributed by atoms with Crippen molar-refractivity contribution in [3.05, 3.63) is 22.4 Å². The molecule has 6 rings (SSSR count). The van der Waals surface area contributed by atoms with E-state index in [0.29, 0.717) is 24.3 Å². The van der Waals surface area contributed by atoms with Crippen molar-refractivity contribution in [2.24, 2.45) is 29.1 Å². The Hall–Kier alpha value is -1.44. The number of rotatable bonds is 8. The molecule has 2 heterocycles. The van der Waals surface area contributed by atoms with Crippen molar-refractivity contribution in [3.63, 3.8) is 0 Å². The van der Waals surface area contributed by atoms with Gasteiger partial charge < -0.3 is 15.4 Å². The molecule has 2 atom stereocenters. The molecule has 5 aliphatic rings. The van der Waals surface area contributed by atoms with Crippen LogP contribution in [-0.4, -0.2) is 55.6 Å². The second kappa shape index (κ2) is 9.67. The molecule has 182 valence electrons. The number of carbonyl (C=O) groups excluding carboxylic acids is 2. The third-order valence-electron chi connectivity index (χ3n) is 8.58. The van der Waals surface area contributed by atoms with Gasteiger partial charge in [-0.1, -0.05) is 19.9 Å². The standard InChI is InChI=1S/C26H39N3O3S/c1-17(2)23(28-25(31)26-13-18-10-19(14-26)12-20(11-18)15-26)24(30)27-16-21(22-4-3-9-33-22)29-5-7-32-8-6-29/h3-4,9,17-21,23H,5-8,10-16H2,1-2H3,(H,27,30)(H,28,31). The van der Waals surface area contributed by atoms with E-state index in [1.165, 1.54) is 24.1 Å². The fourth-order valence-corrected chi connectivity index (χ4v) is 8.17. The van der Waals surface area contributed by atoms with E-state index in [-0.39, 0.29) is 29.2 Å². The van der Waals surface area contributed by atoms with E-state index in [0.717, 1.165) is 45.6 Å². The molecule has 1 saturated heterocycles. The second-order valence-corrected chi connectivity index (χ2v) is 12.3. The van der Waals surface area contributed by atoms with Gasteiger partial charge in [0.1, 0.15) is 6.04 Å². The summed E-state index contributed by atoms with van der Waals surface area (Å²) >= 11 is 1.73. The quantitative estimate of drug-likeness (QED) is 0.605. The molecule has 2 amide bonds. The van der Waals surface area contributed by atoms with Crippen LogP contribution < -0.4 is 10.6 Å². The molecule has 1 aliphatic heterocycles. The summed E-state index contributed by atoms with van der Waals surface area (Å²) in [6.07, 6.45) is 7.00. The number of amides is 2. The Morgan fingerprint density at radius 3 is 2.30 bits per heavy atom. The van der Waals surface area contributed by atoms with E-state index in [4.69, 9.17) is 4.74 Å². The minimum Gasteiger partial charge on any atom is -0.379 e. The summed E-state index contributed by atoms with van der Waals surface area (Å²) in [4.78, 5) is 30.6. The summed E-state index contributed by atoms with van der Waals surface area (Å²) in [6, 6.07) is 3.87. The van der Waals surface area contributed by atoms with E-state index < -0.39 is 6.04 Å². The van der Waals surface area contributed by atoms with Crippen LogP contribution in [0.3, 0.4) is 0 Å². The SMILES string of the molecule is CC(C)C(NC(=O)C12CC3CC(CC(C3)C1)C2)C(=O)NCC(c1cccs1)N1CCOCC1. The van der Waals surface area contributed by atoms with Crippen molar-refractivity contribution in [2.45, 2.75) is 64.5 Å². The van der Waals surface area contributed by atoms with Crippen LogP contribution in [-0.2, 0) is 14.3 Å². The molecular formula is C26H39N3O3S. The van der Waals surface area contributed by atoms with Gasteiger partial charge in [-0.15, -0.1) is 11.3 Å². The highest BCUT2D eigenvalue weighted by Gasteiger charge is 2.55. The lowest BCUT2D eigenvalue weighted by Crippen LogP contribution is -2.58. The Morgan fingerprint density at radius 2 is 1.76 bits per heavy atom. The van der Waals surface area contributed by atoms with Crippen LogP contribution in [0.15, 0.2) is 17.5 Å². The first kappa shape index (κ1) is 23.3. The molecule has 33 heavy (non-hydrogen) atoms. The van der Waals surface area contributed by atoms with Gasteiger partial charge in [0.15, 0.2) is 0 Å². The molecule has 4 bridgehead atoms. The zero-order valence-electron chi connectivity index (χ0n) is 20.1. The molecule has 0 aromatic carbocycles. The number of morpholine rings is 1. The number of hydrogen-bond donors (Lipinski definition) is 2. The van der Waals surface area contributed by atoms with Crippen LogP contribution in [0.1, 0.15) is 63.3 Å². The first-order valence-corrected chi connectivity index (χ1v) is 13.8. The number of ether oxygens (including phenoxy) is 1. The summed E-state index contributed by atoms with van der Waals surface area (Å²) in [7, 11) is 0. The molecule has 4 aliphatic carbocycles.